The molecule has 1 unspecified atom stereocenters. The Hall–Kier alpha value is -3.73. The minimum Gasteiger partial charge on any atom is -0.361 e. The van der Waals surface area contributed by atoms with Gasteiger partial charge >= 0.3 is 0 Å². The summed E-state index contributed by atoms with van der Waals surface area (Å²) < 4.78 is 6.85. The van der Waals surface area contributed by atoms with E-state index in [-0.39, 0.29) is 11.8 Å². The molecular weight excluding hydrogens is 394 g/mol. The van der Waals surface area contributed by atoms with Crippen LogP contribution in [-0.4, -0.2) is 26.8 Å². The quantitative estimate of drug-likeness (QED) is 0.591. The van der Waals surface area contributed by atoms with Gasteiger partial charge in [0.15, 0.2) is 0 Å². The minimum absolute atomic E-state index is 0.270. The van der Waals surface area contributed by atoms with Gasteiger partial charge in [0.1, 0.15) is 5.76 Å². The van der Waals surface area contributed by atoms with Crippen molar-refractivity contribution in [3.63, 3.8) is 0 Å². The molecule has 8 heteroatoms. The number of hydrogen-bond acceptors (Lipinski definition) is 6. The van der Waals surface area contributed by atoms with Crippen molar-refractivity contribution in [3.8, 4) is 6.07 Å². The first-order valence-electron chi connectivity index (χ1n) is 10.0. The van der Waals surface area contributed by atoms with Crippen molar-refractivity contribution in [1.29, 1.82) is 5.26 Å². The molecule has 2 amide bonds. The molecule has 3 aromatic rings. The number of aryl methyl sites for hydroxylation is 2. The van der Waals surface area contributed by atoms with Crippen LogP contribution in [-0.2, 0) is 22.6 Å². The summed E-state index contributed by atoms with van der Waals surface area (Å²) in [4.78, 5) is 27.8. The number of aromatic nitrogens is 3. The molecule has 1 fully saturated rings. The van der Waals surface area contributed by atoms with Crippen molar-refractivity contribution in [2.24, 2.45) is 11.3 Å². The molecule has 8 nitrogen and oxygen atoms in total. The number of carbonyl (C=O) groups is 2. The van der Waals surface area contributed by atoms with Crippen LogP contribution >= 0.6 is 0 Å². The van der Waals surface area contributed by atoms with E-state index < -0.39 is 11.3 Å². The molecule has 1 aromatic carbocycles. The number of carbonyl (C=O) groups excluding carboxylic acids is 2. The second-order valence-electron chi connectivity index (χ2n) is 8.42. The molecule has 31 heavy (non-hydrogen) atoms. The van der Waals surface area contributed by atoms with Gasteiger partial charge in [-0.3, -0.25) is 14.3 Å². The second kappa shape index (κ2) is 7.51. The van der Waals surface area contributed by atoms with E-state index in [2.05, 4.69) is 16.3 Å². The molecule has 0 bridgehead atoms. The van der Waals surface area contributed by atoms with Crippen molar-refractivity contribution < 1.29 is 14.1 Å². The number of nitrogens with zero attached hydrogens (tertiary/aromatic N) is 5. The third-order valence-corrected chi connectivity index (χ3v) is 6.08. The number of nitriles is 1. The first-order chi connectivity index (χ1) is 14.7. The lowest BCUT2D eigenvalue weighted by atomic mass is 9.77. The molecular formula is C23H23N5O3. The normalized spacial score (nSPS) is 17.9. The zero-order valence-corrected chi connectivity index (χ0v) is 17.9. The van der Waals surface area contributed by atoms with Crippen LogP contribution in [0.5, 0.6) is 0 Å². The van der Waals surface area contributed by atoms with E-state index in [4.69, 9.17) is 4.52 Å². The first-order valence-corrected chi connectivity index (χ1v) is 10.0. The molecule has 1 saturated heterocycles. The monoisotopic (exact) mass is 417 g/mol. The van der Waals surface area contributed by atoms with Crippen LogP contribution in [0.4, 0.5) is 5.69 Å². The van der Waals surface area contributed by atoms with Gasteiger partial charge in [-0.25, -0.2) is 4.90 Å². The minimum atomic E-state index is -0.899. The molecule has 1 aliphatic heterocycles. The number of amides is 2. The van der Waals surface area contributed by atoms with Gasteiger partial charge in [-0.15, -0.1) is 0 Å². The number of imide groups is 1. The van der Waals surface area contributed by atoms with Crippen LogP contribution in [0.1, 0.15) is 42.0 Å². The van der Waals surface area contributed by atoms with E-state index in [1.165, 1.54) is 11.1 Å². The van der Waals surface area contributed by atoms with Crippen LogP contribution in [0.3, 0.4) is 0 Å². The molecule has 0 saturated carbocycles. The average Bonchev–Trinajstić information content (AvgIpc) is 3.37. The van der Waals surface area contributed by atoms with Crippen molar-refractivity contribution in [2.45, 2.75) is 40.7 Å². The molecule has 4 rings (SSSR count). The van der Waals surface area contributed by atoms with Crippen LogP contribution in [0, 0.1) is 36.5 Å². The van der Waals surface area contributed by atoms with Crippen LogP contribution in [0.25, 0.3) is 0 Å². The summed E-state index contributed by atoms with van der Waals surface area (Å²) in [5.41, 5.74) is 2.51. The smallest absolute Gasteiger partial charge is 0.240 e. The average molecular weight is 417 g/mol. The maximum atomic E-state index is 13.3. The fourth-order valence-corrected chi connectivity index (χ4v) is 4.06. The summed E-state index contributed by atoms with van der Waals surface area (Å²) in [6.45, 7) is 7.68. The summed E-state index contributed by atoms with van der Waals surface area (Å²) in [5, 5.41) is 17.7. The van der Waals surface area contributed by atoms with E-state index >= 15 is 0 Å². The van der Waals surface area contributed by atoms with Crippen molar-refractivity contribution in [1.82, 2.24) is 14.9 Å². The summed E-state index contributed by atoms with van der Waals surface area (Å²) in [5.74, 6) is -0.408. The molecule has 2 aromatic heterocycles. The second-order valence-corrected chi connectivity index (χ2v) is 8.42. The predicted octanol–water partition coefficient (Wildman–Crippen LogP) is 3.17. The highest BCUT2D eigenvalue weighted by Gasteiger charge is 2.54. The Morgan fingerprint density at radius 3 is 2.65 bits per heavy atom. The Bertz CT molecular complexity index is 1190. The lowest BCUT2D eigenvalue weighted by molar-refractivity contribution is -0.125. The standard InChI is InChI=1S/C23H23N5O3/c1-14-19(15(2)31-26-14)13-27-12-18(11-25-27)28-21(29)20(23(3,4)22(28)30)9-16-7-5-6-8-17(16)10-24/h5-8,11-12,20H,9,13H2,1-4H3. The van der Waals surface area contributed by atoms with Gasteiger partial charge in [-0.2, -0.15) is 10.4 Å². The predicted molar refractivity (Wildman–Crippen MR) is 112 cm³/mol. The highest BCUT2D eigenvalue weighted by Crippen LogP contribution is 2.42. The summed E-state index contributed by atoms with van der Waals surface area (Å²) in [6.07, 6.45) is 3.53. The Morgan fingerprint density at radius 2 is 1.97 bits per heavy atom. The Balaban J connectivity index is 1.61. The zero-order valence-electron chi connectivity index (χ0n) is 17.9. The van der Waals surface area contributed by atoms with Gasteiger partial charge in [-0.1, -0.05) is 37.2 Å². The third kappa shape index (κ3) is 3.42. The summed E-state index contributed by atoms with van der Waals surface area (Å²) in [6, 6.07) is 9.34. The van der Waals surface area contributed by atoms with E-state index in [9.17, 15) is 14.9 Å². The zero-order chi connectivity index (χ0) is 22.3. The molecule has 0 spiro atoms. The van der Waals surface area contributed by atoms with E-state index in [0.29, 0.717) is 30.0 Å². The Morgan fingerprint density at radius 1 is 1.23 bits per heavy atom. The van der Waals surface area contributed by atoms with Gasteiger partial charge in [0.05, 0.1) is 47.1 Å². The van der Waals surface area contributed by atoms with Crippen molar-refractivity contribution in [2.75, 3.05) is 4.90 Å². The number of hydrogen-bond donors (Lipinski definition) is 0. The summed E-state index contributed by atoms with van der Waals surface area (Å²) in [7, 11) is 0. The Labute approximate surface area is 180 Å². The number of anilines is 1. The molecule has 158 valence electrons. The number of rotatable bonds is 5. The maximum absolute atomic E-state index is 13.3. The van der Waals surface area contributed by atoms with Gasteiger partial charge in [0.2, 0.25) is 11.8 Å². The molecule has 3 heterocycles. The topological polar surface area (TPSA) is 105 Å². The largest absolute Gasteiger partial charge is 0.361 e. The lowest BCUT2D eigenvalue weighted by Gasteiger charge is -2.22. The van der Waals surface area contributed by atoms with Gasteiger partial charge in [-0.05, 0) is 31.9 Å². The maximum Gasteiger partial charge on any atom is 0.240 e. The van der Waals surface area contributed by atoms with Crippen LogP contribution in [0.15, 0.2) is 41.2 Å². The SMILES string of the molecule is Cc1noc(C)c1Cn1cc(N2C(=O)C(Cc3ccccc3C#N)C(C)(C)C2=O)cn1. The summed E-state index contributed by atoms with van der Waals surface area (Å²) >= 11 is 0. The Kier molecular flexibility index (Phi) is 4.97. The van der Waals surface area contributed by atoms with Crippen molar-refractivity contribution >= 4 is 17.5 Å². The van der Waals surface area contributed by atoms with Gasteiger partial charge in [0.25, 0.3) is 0 Å². The number of benzene rings is 1. The van der Waals surface area contributed by atoms with Crippen LogP contribution in [0.2, 0.25) is 0 Å². The highest BCUT2D eigenvalue weighted by molar-refractivity contribution is 6.23. The molecule has 0 N–H and O–H groups in total. The van der Waals surface area contributed by atoms with E-state index in [0.717, 1.165) is 16.8 Å². The molecule has 1 aliphatic rings. The first kappa shape index (κ1) is 20.5. The van der Waals surface area contributed by atoms with Crippen LogP contribution < -0.4 is 4.90 Å². The third-order valence-electron chi connectivity index (χ3n) is 6.08. The van der Waals surface area contributed by atoms with E-state index in [1.54, 1.807) is 36.9 Å². The van der Waals surface area contributed by atoms with Gasteiger partial charge in [0, 0.05) is 11.8 Å². The molecule has 0 aliphatic carbocycles. The molecule has 1 atom stereocenters. The van der Waals surface area contributed by atoms with Crippen molar-refractivity contribution in [3.05, 3.63) is 64.8 Å². The highest BCUT2D eigenvalue weighted by atomic mass is 16.5. The fourth-order valence-electron chi connectivity index (χ4n) is 4.06. The fraction of sp³-hybridized carbons (Fsp3) is 0.348. The lowest BCUT2D eigenvalue weighted by Crippen LogP contribution is -2.32. The van der Waals surface area contributed by atoms with Gasteiger partial charge < -0.3 is 4.52 Å². The molecule has 0 radical (unpaired) electrons. The van der Waals surface area contributed by atoms with E-state index in [1.807, 2.05) is 26.0 Å².